The molecule has 2 aromatic carbocycles. The first-order chi connectivity index (χ1) is 15.6. The van der Waals surface area contributed by atoms with E-state index in [4.69, 9.17) is 5.26 Å². The highest BCUT2D eigenvalue weighted by Gasteiger charge is 2.25. The van der Waals surface area contributed by atoms with Crippen molar-refractivity contribution in [3.63, 3.8) is 0 Å². The lowest BCUT2D eigenvalue weighted by molar-refractivity contribution is 0.191. The minimum atomic E-state index is 0.0607. The number of carbonyl (C=O) groups is 1. The topological polar surface area (TPSA) is 62.6 Å². The molecule has 2 heterocycles. The van der Waals surface area contributed by atoms with E-state index < -0.39 is 0 Å². The molecule has 1 N–H and O–H groups in total. The first kappa shape index (κ1) is 22.2. The van der Waals surface area contributed by atoms with Gasteiger partial charge in [-0.1, -0.05) is 18.6 Å². The van der Waals surface area contributed by atoms with Crippen LogP contribution in [0.2, 0.25) is 0 Å². The molecule has 0 spiro atoms. The van der Waals surface area contributed by atoms with Crippen LogP contribution < -0.4 is 10.2 Å². The monoisotopic (exact) mass is 431 g/mol. The van der Waals surface area contributed by atoms with Crippen molar-refractivity contribution < 1.29 is 4.79 Å². The number of hydrogen-bond donors (Lipinski definition) is 1. The zero-order valence-electron chi connectivity index (χ0n) is 19.0. The molecule has 0 aromatic heterocycles. The van der Waals surface area contributed by atoms with Gasteiger partial charge in [0.1, 0.15) is 0 Å². The molecule has 6 heteroatoms. The molecule has 2 saturated heterocycles. The van der Waals surface area contributed by atoms with E-state index >= 15 is 0 Å². The summed E-state index contributed by atoms with van der Waals surface area (Å²) in [4.78, 5) is 19.3. The van der Waals surface area contributed by atoms with E-state index in [1.165, 1.54) is 37.9 Å². The Hall–Kier alpha value is -3.04. The number of likely N-dealkylation sites (tertiary alicyclic amines) is 2. The number of hydrogen-bond acceptors (Lipinski definition) is 4. The van der Waals surface area contributed by atoms with Crippen molar-refractivity contribution in [1.29, 1.82) is 5.26 Å². The molecule has 6 nitrogen and oxygen atoms in total. The third-order valence-electron chi connectivity index (χ3n) is 6.62. The zero-order chi connectivity index (χ0) is 22.3. The van der Waals surface area contributed by atoms with Crippen molar-refractivity contribution in [1.82, 2.24) is 9.80 Å². The van der Waals surface area contributed by atoms with Crippen LogP contribution in [0.15, 0.2) is 48.5 Å². The standard InChI is InChI=1S/C26H33N5O/c1-29(25-11-7-22(8-12-25)20-30-15-3-2-4-16-30)26(32)31-17-13-24(14-18-31)28-23-9-5-21(19-27)6-10-23/h5-12,24,28H,2-4,13-18,20H2,1H3. The molecule has 2 amide bonds. The van der Waals surface area contributed by atoms with E-state index in [1.54, 1.807) is 4.90 Å². The quantitative estimate of drug-likeness (QED) is 0.747. The lowest BCUT2D eigenvalue weighted by Gasteiger charge is -2.35. The summed E-state index contributed by atoms with van der Waals surface area (Å²) in [7, 11) is 1.86. The Morgan fingerprint density at radius 2 is 1.66 bits per heavy atom. The largest absolute Gasteiger partial charge is 0.382 e. The van der Waals surface area contributed by atoms with E-state index in [9.17, 15) is 4.79 Å². The summed E-state index contributed by atoms with van der Waals surface area (Å²) < 4.78 is 0. The Labute approximate surface area is 191 Å². The number of nitrogens with zero attached hydrogens (tertiary/aromatic N) is 4. The van der Waals surface area contributed by atoms with Crippen LogP contribution in [-0.4, -0.2) is 55.1 Å². The van der Waals surface area contributed by atoms with Crippen LogP contribution in [0.1, 0.15) is 43.2 Å². The van der Waals surface area contributed by atoms with Gasteiger partial charge in [-0.15, -0.1) is 0 Å². The Morgan fingerprint density at radius 3 is 2.28 bits per heavy atom. The van der Waals surface area contributed by atoms with Gasteiger partial charge in [-0.05, 0) is 80.7 Å². The first-order valence-corrected chi connectivity index (χ1v) is 11.7. The Kier molecular flexibility index (Phi) is 7.28. The minimum absolute atomic E-state index is 0.0607. The number of nitriles is 1. The van der Waals surface area contributed by atoms with Crippen LogP contribution in [0.5, 0.6) is 0 Å². The van der Waals surface area contributed by atoms with E-state index in [1.807, 2.05) is 36.2 Å². The van der Waals surface area contributed by atoms with Crippen LogP contribution >= 0.6 is 0 Å². The molecular weight excluding hydrogens is 398 g/mol. The molecule has 0 unspecified atom stereocenters. The summed E-state index contributed by atoms with van der Waals surface area (Å²) in [6.07, 6.45) is 5.78. The molecule has 2 aliphatic rings. The van der Waals surface area contributed by atoms with Crippen molar-refractivity contribution in [2.75, 3.05) is 43.4 Å². The smallest absolute Gasteiger partial charge is 0.324 e. The molecule has 0 aliphatic carbocycles. The molecule has 168 valence electrons. The zero-order valence-corrected chi connectivity index (χ0v) is 19.0. The van der Waals surface area contributed by atoms with Gasteiger partial charge in [-0.3, -0.25) is 9.80 Å². The van der Waals surface area contributed by atoms with Crippen LogP contribution in [0, 0.1) is 11.3 Å². The summed E-state index contributed by atoms with van der Waals surface area (Å²) in [6.45, 7) is 4.86. The Balaban J connectivity index is 1.26. The van der Waals surface area contributed by atoms with Gasteiger partial charge in [0.2, 0.25) is 0 Å². The SMILES string of the molecule is CN(C(=O)N1CCC(Nc2ccc(C#N)cc2)CC1)c1ccc(CN2CCCCC2)cc1. The van der Waals surface area contributed by atoms with Crippen LogP contribution in [-0.2, 0) is 6.54 Å². The minimum Gasteiger partial charge on any atom is -0.382 e. The second-order valence-corrected chi connectivity index (χ2v) is 8.94. The highest BCUT2D eigenvalue weighted by molar-refractivity contribution is 5.91. The normalized spacial score (nSPS) is 17.6. The molecule has 0 saturated carbocycles. The Bertz CT molecular complexity index is 920. The van der Waals surface area contributed by atoms with Crippen LogP contribution in [0.4, 0.5) is 16.2 Å². The maximum Gasteiger partial charge on any atom is 0.324 e. The highest BCUT2D eigenvalue weighted by atomic mass is 16.2. The molecule has 0 atom stereocenters. The number of nitrogens with one attached hydrogen (secondary N) is 1. The van der Waals surface area contributed by atoms with Gasteiger partial charge in [0.25, 0.3) is 0 Å². The van der Waals surface area contributed by atoms with E-state index in [2.05, 4.69) is 40.6 Å². The fraction of sp³-hybridized carbons (Fsp3) is 0.462. The van der Waals surface area contributed by atoms with Gasteiger partial charge < -0.3 is 10.2 Å². The number of rotatable bonds is 5. The molecule has 4 rings (SSSR count). The summed E-state index contributed by atoms with van der Waals surface area (Å²) in [5.41, 5.74) is 3.94. The van der Waals surface area contributed by atoms with Crippen LogP contribution in [0.3, 0.4) is 0 Å². The van der Waals surface area contributed by atoms with Gasteiger partial charge in [0.15, 0.2) is 0 Å². The first-order valence-electron chi connectivity index (χ1n) is 11.7. The highest BCUT2D eigenvalue weighted by Crippen LogP contribution is 2.21. The number of carbonyl (C=O) groups excluding carboxylic acids is 1. The third-order valence-corrected chi connectivity index (χ3v) is 6.62. The molecule has 0 radical (unpaired) electrons. The number of amides is 2. The Morgan fingerprint density at radius 1 is 1.00 bits per heavy atom. The number of urea groups is 1. The maximum absolute atomic E-state index is 13.0. The number of anilines is 2. The van der Waals surface area contributed by atoms with Gasteiger partial charge in [0.05, 0.1) is 11.6 Å². The average Bonchev–Trinajstić information content (AvgIpc) is 2.85. The predicted molar refractivity (Wildman–Crippen MR) is 129 cm³/mol. The van der Waals surface area contributed by atoms with Crippen molar-refractivity contribution in [3.8, 4) is 6.07 Å². The lowest BCUT2D eigenvalue weighted by Crippen LogP contribution is -2.47. The van der Waals surface area contributed by atoms with Crippen molar-refractivity contribution in [2.45, 2.75) is 44.7 Å². The predicted octanol–water partition coefficient (Wildman–Crippen LogP) is 4.68. The second-order valence-electron chi connectivity index (χ2n) is 8.94. The van der Waals surface area contributed by atoms with Crippen molar-refractivity contribution >= 4 is 17.4 Å². The van der Waals surface area contributed by atoms with Gasteiger partial charge >= 0.3 is 6.03 Å². The van der Waals surface area contributed by atoms with Crippen LogP contribution in [0.25, 0.3) is 0 Å². The van der Waals surface area contributed by atoms with Gasteiger partial charge in [-0.25, -0.2) is 4.79 Å². The summed E-state index contributed by atoms with van der Waals surface area (Å²) in [5, 5.41) is 12.5. The number of benzene rings is 2. The van der Waals surface area contributed by atoms with Gasteiger partial charge in [-0.2, -0.15) is 5.26 Å². The summed E-state index contributed by atoms with van der Waals surface area (Å²) in [6, 6.07) is 18.5. The van der Waals surface area contributed by atoms with E-state index in [-0.39, 0.29) is 6.03 Å². The molecular formula is C26H33N5O. The van der Waals surface area contributed by atoms with Crippen molar-refractivity contribution in [3.05, 3.63) is 59.7 Å². The average molecular weight is 432 g/mol. The van der Waals surface area contributed by atoms with E-state index in [0.717, 1.165) is 43.9 Å². The molecule has 32 heavy (non-hydrogen) atoms. The molecule has 0 bridgehead atoms. The van der Waals surface area contributed by atoms with Gasteiger partial charge in [0, 0.05) is 44.1 Å². The summed E-state index contributed by atoms with van der Waals surface area (Å²) in [5.74, 6) is 0. The lowest BCUT2D eigenvalue weighted by atomic mass is 10.0. The van der Waals surface area contributed by atoms with Crippen molar-refractivity contribution in [2.24, 2.45) is 0 Å². The second kappa shape index (κ2) is 10.5. The maximum atomic E-state index is 13.0. The molecule has 2 aliphatic heterocycles. The fourth-order valence-electron chi connectivity index (χ4n) is 4.62. The van der Waals surface area contributed by atoms with E-state index in [0.29, 0.717) is 11.6 Å². The summed E-state index contributed by atoms with van der Waals surface area (Å²) >= 11 is 0. The molecule has 2 aromatic rings. The molecule has 2 fully saturated rings. The fourth-order valence-corrected chi connectivity index (χ4v) is 4.62. The number of piperidine rings is 2. The third kappa shape index (κ3) is 5.60.